The molecule has 214 valence electrons. The van der Waals surface area contributed by atoms with Crippen molar-refractivity contribution in [3.63, 3.8) is 0 Å². The summed E-state index contributed by atoms with van der Waals surface area (Å²) < 4.78 is 0. The Morgan fingerprint density at radius 1 is 0.838 bits per heavy atom. The average Bonchev–Trinajstić information content (AvgIpc) is 2.86. The van der Waals surface area contributed by atoms with Crippen LogP contribution in [0, 0.1) is 29.6 Å². The van der Waals surface area contributed by atoms with E-state index in [2.05, 4.69) is 13.8 Å². The molecule has 8 nitrogen and oxygen atoms in total. The van der Waals surface area contributed by atoms with E-state index in [4.69, 9.17) is 5.11 Å². The molecule has 8 heteroatoms. The molecular weight excluding hydrogens is 476 g/mol. The Balaban J connectivity index is 5.02. The Hall–Kier alpha value is -1.81. The molecular formula is C29H50O8. The van der Waals surface area contributed by atoms with E-state index in [1.165, 1.54) is 12.2 Å². The van der Waals surface area contributed by atoms with Gasteiger partial charge in [-0.15, -0.1) is 0 Å². The van der Waals surface area contributed by atoms with E-state index >= 15 is 0 Å². The number of hydrogen-bond acceptors (Lipinski definition) is 7. The molecule has 0 amide bonds. The van der Waals surface area contributed by atoms with Gasteiger partial charge in [-0.3, -0.25) is 0 Å². The van der Waals surface area contributed by atoms with E-state index in [9.17, 15) is 35.4 Å². The van der Waals surface area contributed by atoms with Crippen LogP contribution in [0.2, 0.25) is 0 Å². The first-order valence-corrected chi connectivity index (χ1v) is 13.1. The molecule has 0 radical (unpaired) electrons. The van der Waals surface area contributed by atoms with E-state index < -0.39 is 41.9 Å². The highest BCUT2D eigenvalue weighted by molar-refractivity contribution is 5.77. The van der Waals surface area contributed by atoms with Crippen molar-refractivity contribution in [1.82, 2.24) is 0 Å². The van der Waals surface area contributed by atoms with Gasteiger partial charge in [0.2, 0.25) is 0 Å². The van der Waals surface area contributed by atoms with Gasteiger partial charge in [-0.25, -0.2) is 4.79 Å². The lowest BCUT2D eigenvalue weighted by atomic mass is 9.89. The first-order valence-electron chi connectivity index (χ1n) is 13.1. The van der Waals surface area contributed by atoms with Gasteiger partial charge in [0.1, 0.15) is 6.10 Å². The number of hydrogen-bond donors (Lipinski definition) is 7. The summed E-state index contributed by atoms with van der Waals surface area (Å²) in [6.07, 6.45) is 8.70. The highest BCUT2D eigenvalue weighted by Gasteiger charge is 2.37. The Morgan fingerprint density at radius 2 is 1.30 bits per heavy atom. The van der Waals surface area contributed by atoms with Gasteiger partial charge in [-0.2, -0.15) is 0 Å². The fraction of sp³-hybridized carbons (Fsp3) is 0.690. The molecule has 0 spiro atoms. The Bertz CT molecular complexity index is 785. The van der Waals surface area contributed by atoms with E-state index in [0.717, 1.165) is 31.4 Å². The largest absolute Gasteiger partial charge is 0.479 e. The van der Waals surface area contributed by atoms with Gasteiger partial charge in [0, 0.05) is 30.3 Å². The predicted octanol–water partition coefficient (Wildman–Crippen LogP) is 2.83. The maximum atomic E-state index is 11.0. The van der Waals surface area contributed by atoms with Crippen molar-refractivity contribution in [2.45, 2.75) is 91.3 Å². The molecule has 0 saturated heterocycles. The molecule has 0 aromatic heterocycles. The zero-order valence-corrected chi connectivity index (χ0v) is 23.4. The van der Waals surface area contributed by atoms with Crippen LogP contribution in [-0.4, -0.2) is 78.3 Å². The van der Waals surface area contributed by atoms with Crippen LogP contribution in [0.25, 0.3) is 0 Å². The maximum Gasteiger partial charge on any atom is 0.338 e. The lowest BCUT2D eigenvalue weighted by Crippen LogP contribution is -2.45. The number of carboxylic acid groups (broad SMARTS) is 1. The molecule has 0 aliphatic rings. The molecule has 0 rings (SSSR count). The fourth-order valence-electron chi connectivity index (χ4n) is 3.62. The highest BCUT2D eigenvalue weighted by atomic mass is 16.4. The first-order chi connectivity index (χ1) is 17.1. The smallest absolute Gasteiger partial charge is 0.338 e. The van der Waals surface area contributed by atoms with Gasteiger partial charge in [-0.05, 0) is 31.8 Å². The minimum absolute atomic E-state index is 0.00576. The number of rotatable bonds is 17. The third kappa shape index (κ3) is 12.5. The van der Waals surface area contributed by atoms with Crippen molar-refractivity contribution in [2.24, 2.45) is 29.6 Å². The molecule has 0 fully saturated rings. The van der Waals surface area contributed by atoms with E-state index in [1.807, 2.05) is 19.9 Å². The molecule has 10 atom stereocenters. The number of aliphatic hydroxyl groups excluding tert-OH is 5. The van der Waals surface area contributed by atoms with Gasteiger partial charge < -0.3 is 35.7 Å². The van der Waals surface area contributed by atoms with Crippen molar-refractivity contribution in [3.8, 4) is 0 Å². The minimum atomic E-state index is -2.34. The van der Waals surface area contributed by atoms with Crippen LogP contribution >= 0.6 is 0 Å². The zero-order chi connectivity index (χ0) is 28.9. The highest BCUT2D eigenvalue weighted by Crippen LogP contribution is 2.22. The van der Waals surface area contributed by atoms with E-state index in [-0.39, 0.29) is 24.4 Å². The lowest BCUT2D eigenvalue weighted by molar-refractivity contribution is -0.165. The van der Waals surface area contributed by atoms with E-state index in [0.29, 0.717) is 5.92 Å². The summed E-state index contributed by atoms with van der Waals surface area (Å²) in [5.41, 5.74) is -1.56. The van der Waals surface area contributed by atoms with Gasteiger partial charge in [0.15, 0.2) is 5.60 Å². The van der Waals surface area contributed by atoms with Crippen LogP contribution in [0.15, 0.2) is 48.1 Å². The van der Waals surface area contributed by atoms with Gasteiger partial charge in [-0.1, -0.05) is 83.6 Å². The Morgan fingerprint density at radius 3 is 1.73 bits per heavy atom. The quantitative estimate of drug-likeness (QED) is 0.143. The van der Waals surface area contributed by atoms with Crippen LogP contribution in [0.4, 0.5) is 0 Å². The summed E-state index contributed by atoms with van der Waals surface area (Å²) in [6.45, 7) is 12.4. The Kier molecular flexibility index (Phi) is 16.1. The van der Waals surface area contributed by atoms with Crippen LogP contribution in [0.5, 0.6) is 0 Å². The summed E-state index contributed by atoms with van der Waals surface area (Å²) in [4.78, 5) is 11.0. The summed E-state index contributed by atoms with van der Waals surface area (Å²) in [5.74, 6) is -2.15. The number of aliphatic carboxylic acids is 1. The van der Waals surface area contributed by atoms with Crippen LogP contribution in [0.1, 0.15) is 61.3 Å². The topological polar surface area (TPSA) is 159 Å². The third-order valence-electron chi connectivity index (χ3n) is 7.01. The molecule has 0 heterocycles. The second-order valence-electron chi connectivity index (χ2n) is 10.7. The molecule has 0 aromatic rings. The van der Waals surface area contributed by atoms with Crippen molar-refractivity contribution < 1.29 is 40.5 Å². The molecule has 7 N–H and O–H groups in total. The summed E-state index contributed by atoms with van der Waals surface area (Å²) in [5, 5.41) is 69.7. The van der Waals surface area contributed by atoms with E-state index in [1.54, 1.807) is 32.1 Å². The Labute approximate surface area is 222 Å². The molecule has 0 saturated carbocycles. The number of carbonyl (C=O) groups is 1. The third-order valence-corrected chi connectivity index (χ3v) is 7.01. The van der Waals surface area contributed by atoms with Crippen LogP contribution in [-0.2, 0) is 4.79 Å². The lowest BCUT2D eigenvalue weighted by Gasteiger charge is -2.22. The SMILES string of the molecule is CCC(C)CC(/C=C(\C)C(O)C(C)/C=C/C(O)C(C)/C=C/C(O)C(C)/C=C/C(O)C(C)(O)C(=O)O)CO. The van der Waals surface area contributed by atoms with Gasteiger partial charge >= 0.3 is 5.97 Å². The summed E-state index contributed by atoms with van der Waals surface area (Å²) in [7, 11) is 0. The molecule has 0 aliphatic heterocycles. The van der Waals surface area contributed by atoms with Gasteiger partial charge in [0.05, 0.1) is 18.3 Å². The van der Waals surface area contributed by atoms with Crippen LogP contribution in [0.3, 0.4) is 0 Å². The molecule has 10 unspecified atom stereocenters. The summed E-state index contributed by atoms with van der Waals surface area (Å²) in [6, 6.07) is 0. The molecule has 0 aliphatic carbocycles. The number of carboxylic acids is 1. The predicted molar refractivity (Wildman–Crippen MR) is 146 cm³/mol. The second kappa shape index (κ2) is 16.9. The fourth-order valence-corrected chi connectivity index (χ4v) is 3.62. The van der Waals surface area contributed by atoms with Crippen molar-refractivity contribution in [1.29, 1.82) is 0 Å². The summed E-state index contributed by atoms with van der Waals surface area (Å²) >= 11 is 0. The number of aliphatic hydroxyl groups is 6. The van der Waals surface area contributed by atoms with Crippen molar-refractivity contribution in [2.75, 3.05) is 6.61 Å². The maximum absolute atomic E-state index is 11.0. The van der Waals surface area contributed by atoms with Crippen LogP contribution < -0.4 is 0 Å². The van der Waals surface area contributed by atoms with Crippen molar-refractivity contribution >= 4 is 5.97 Å². The minimum Gasteiger partial charge on any atom is -0.479 e. The normalized spacial score (nSPS) is 22.4. The zero-order valence-electron chi connectivity index (χ0n) is 23.4. The van der Waals surface area contributed by atoms with Gasteiger partial charge in [0.25, 0.3) is 0 Å². The molecule has 37 heavy (non-hydrogen) atoms. The first kappa shape index (κ1) is 35.2. The second-order valence-corrected chi connectivity index (χ2v) is 10.7. The molecule has 0 bridgehead atoms. The monoisotopic (exact) mass is 526 g/mol. The average molecular weight is 527 g/mol. The molecule has 0 aromatic carbocycles. The van der Waals surface area contributed by atoms with Crippen molar-refractivity contribution in [3.05, 3.63) is 48.1 Å². The standard InChI is InChI=1S/C29H50O8/c1-8-18(2)15-23(17-30)16-22(6)27(34)21(5)10-13-25(32)19(3)9-12-24(31)20(4)11-14-26(33)29(7,37)28(35)36/h9-14,16,18-21,23-27,30-34,37H,8,15,17H2,1-7H3,(H,35,36)/b12-9+,13-10+,14-11+,22-16+.